The maximum atomic E-state index is 11.9. The van der Waals surface area contributed by atoms with Gasteiger partial charge < -0.3 is 14.2 Å². The molecule has 172 valence electrons. The quantitative estimate of drug-likeness (QED) is 0.385. The van der Waals surface area contributed by atoms with Crippen LogP contribution in [0.3, 0.4) is 0 Å². The van der Waals surface area contributed by atoms with Gasteiger partial charge in [0.25, 0.3) is 0 Å². The minimum Gasteiger partial charge on any atom is -0.492 e. The number of unbranched alkanes of at least 4 members (excludes halogenated alkanes) is 7. The van der Waals surface area contributed by atoms with Crippen LogP contribution in [0.4, 0.5) is 10.5 Å². The Morgan fingerprint density at radius 2 is 1.60 bits per heavy atom. The zero-order valence-electron chi connectivity index (χ0n) is 18.4. The number of hydrogen-bond acceptors (Lipinski definition) is 5. The van der Waals surface area contributed by atoms with Gasteiger partial charge in [0.1, 0.15) is 12.4 Å². The predicted octanol–water partition coefficient (Wildman–Crippen LogP) is 5.51. The molecule has 1 aliphatic heterocycles. The molecular weight excluding hydrogens is 404 g/mol. The van der Waals surface area contributed by atoms with Crippen LogP contribution in [0.5, 0.6) is 5.75 Å². The number of amides is 1. The van der Waals surface area contributed by atoms with E-state index in [1.54, 1.807) is 0 Å². The van der Waals surface area contributed by atoms with Crippen LogP contribution in [0.25, 0.3) is 0 Å². The number of ether oxygens (including phenoxy) is 3. The number of carbonyl (C=O) groups excluding carboxylic acids is 1. The number of carbonyl (C=O) groups is 1. The highest BCUT2D eigenvalue weighted by Gasteiger charge is 2.10. The summed E-state index contributed by atoms with van der Waals surface area (Å²) in [6, 6.07) is 7.41. The molecule has 1 aromatic rings. The van der Waals surface area contributed by atoms with E-state index >= 15 is 0 Å². The molecule has 0 atom stereocenters. The molecule has 30 heavy (non-hydrogen) atoms. The van der Waals surface area contributed by atoms with E-state index in [0.29, 0.717) is 18.9 Å². The molecule has 2 rings (SSSR count). The number of hydrogen-bond donors (Lipinski definition) is 1. The van der Waals surface area contributed by atoms with Gasteiger partial charge in [0.05, 0.1) is 19.8 Å². The fraction of sp³-hybridized carbons (Fsp3) is 0.696. The summed E-state index contributed by atoms with van der Waals surface area (Å²) in [5.74, 6) is 0.802. The molecule has 1 N–H and O–H groups in total. The Balaban J connectivity index is 0.00000450. The lowest BCUT2D eigenvalue weighted by molar-refractivity contribution is 0.0322. The van der Waals surface area contributed by atoms with Crippen molar-refractivity contribution in [3.05, 3.63) is 24.3 Å². The number of nitrogens with one attached hydrogen (secondary N) is 1. The molecule has 1 amide bonds. The second-order valence-electron chi connectivity index (χ2n) is 7.56. The van der Waals surface area contributed by atoms with E-state index < -0.39 is 6.09 Å². The third-order valence-corrected chi connectivity index (χ3v) is 5.11. The van der Waals surface area contributed by atoms with Gasteiger partial charge in [0.15, 0.2) is 0 Å². The van der Waals surface area contributed by atoms with E-state index in [2.05, 4.69) is 17.1 Å². The minimum absolute atomic E-state index is 0. The number of benzene rings is 1. The van der Waals surface area contributed by atoms with Gasteiger partial charge >= 0.3 is 6.09 Å². The summed E-state index contributed by atoms with van der Waals surface area (Å²) in [4.78, 5) is 14.2. The number of halogens is 1. The second kappa shape index (κ2) is 17.2. The highest BCUT2D eigenvalue weighted by atomic mass is 35.5. The number of anilines is 1. The van der Waals surface area contributed by atoms with Crippen molar-refractivity contribution in [1.29, 1.82) is 0 Å². The van der Waals surface area contributed by atoms with Crippen LogP contribution in [-0.4, -0.2) is 57.1 Å². The fourth-order valence-electron chi connectivity index (χ4n) is 3.31. The van der Waals surface area contributed by atoms with Gasteiger partial charge in [-0.05, 0) is 30.7 Å². The SMILES string of the molecule is CCCCCCCCCCOC(=O)Nc1ccc(OCCN2CCOCC2)cc1.Cl. The molecule has 6 nitrogen and oxygen atoms in total. The molecule has 1 heterocycles. The highest BCUT2D eigenvalue weighted by molar-refractivity contribution is 5.85. The average Bonchev–Trinajstić information content (AvgIpc) is 2.74. The Bertz CT molecular complexity index is 551. The maximum Gasteiger partial charge on any atom is 0.411 e. The van der Waals surface area contributed by atoms with Crippen molar-refractivity contribution in [2.24, 2.45) is 0 Å². The van der Waals surface area contributed by atoms with Crippen LogP contribution in [-0.2, 0) is 9.47 Å². The number of rotatable bonds is 14. The van der Waals surface area contributed by atoms with E-state index in [-0.39, 0.29) is 12.4 Å². The summed E-state index contributed by atoms with van der Waals surface area (Å²) in [6.45, 7) is 7.79. The van der Waals surface area contributed by atoms with E-state index in [4.69, 9.17) is 14.2 Å². The van der Waals surface area contributed by atoms with Gasteiger partial charge in [-0.15, -0.1) is 12.4 Å². The molecule has 0 aliphatic carbocycles. The second-order valence-corrected chi connectivity index (χ2v) is 7.56. The van der Waals surface area contributed by atoms with Crippen LogP contribution in [0.1, 0.15) is 58.3 Å². The molecule has 1 aliphatic rings. The third kappa shape index (κ3) is 12.3. The average molecular weight is 443 g/mol. The fourth-order valence-corrected chi connectivity index (χ4v) is 3.31. The maximum absolute atomic E-state index is 11.9. The lowest BCUT2D eigenvalue weighted by Crippen LogP contribution is -2.38. The predicted molar refractivity (Wildman–Crippen MR) is 124 cm³/mol. The van der Waals surface area contributed by atoms with Gasteiger partial charge in [-0.2, -0.15) is 0 Å². The Morgan fingerprint density at radius 3 is 2.27 bits per heavy atom. The Hall–Kier alpha value is -1.50. The smallest absolute Gasteiger partial charge is 0.411 e. The highest BCUT2D eigenvalue weighted by Crippen LogP contribution is 2.16. The first-order valence-corrected chi connectivity index (χ1v) is 11.2. The van der Waals surface area contributed by atoms with Gasteiger partial charge in [-0.1, -0.05) is 51.9 Å². The normalized spacial score (nSPS) is 14.0. The molecule has 0 saturated carbocycles. The largest absolute Gasteiger partial charge is 0.492 e. The van der Waals surface area contributed by atoms with Gasteiger partial charge in [0.2, 0.25) is 0 Å². The minimum atomic E-state index is -0.395. The molecule has 0 bridgehead atoms. The molecule has 1 saturated heterocycles. The molecule has 0 unspecified atom stereocenters. The van der Waals surface area contributed by atoms with Crippen molar-refractivity contribution in [2.45, 2.75) is 58.3 Å². The van der Waals surface area contributed by atoms with Crippen molar-refractivity contribution in [1.82, 2.24) is 4.90 Å². The summed E-state index contributed by atoms with van der Waals surface area (Å²) in [5.41, 5.74) is 0.714. The Kier molecular flexibility index (Phi) is 15.2. The Morgan fingerprint density at radius 1 is 0.967 bits per heavy atom. The molecular formula is C23H39ClN2O4. The van der Waals surface area contributed by atoms with Crippen molar-refractivity contribution in [3.8, 4) is 5.75 Å². The summed E-state index contributed by atoms with van der Waals surface area (Å²) < 4.78 is 16.4. The molecule has 7 heteroatoms. The van der Waals surface area contributed by atoms with Crippen LogP contribution < -0.4 is 10.1 Å². The summed E-state index contributed by atoms with van der Waals surface area (Å²) in [6.07, 6.45) is 9.45. The molecule has 1 fully saturated rings. The van der Waals surface area contributed by atoms with Crippen molar-refractivity contribution < 1.29 is 19.0 Å². The number of morpholine rings is 1. The van der Waals surface area contributed by atoms with Crippen molar-refractivity contribution in [3.63, 3.8) is 0 Å². The first kappa shape index (κ1) is 26.5. The summed E-state index contributed by atoms with van der Waals surface area (Å²) in [5, 5.41) is 2.76. The Labute approximate surface area is 188 Å². The van der Waals surface area contributed by atoms with Gasteiger partial charge in [-0.3, -0.25) is 10.2 Å². The van der Waals surface area contributed by atoms with Gasteiger partial charge in [-0.25, -0.2) is 4.79 Å². The zero-order valence-corrected chi connectivity index (χ0v) is 19.2. The monoisotopic (exact) mass is 442 g/mol. The lowest BCUT2D eigenvalue weighted by atomic mass is 10.1. The van der Waals surface area contributed by atoms with Crippen LogP contribution in [0.15, 0.2) is 24.3 Å². The lowest BCUT2D eigenvalue weighted by Gasteiger charge is -2.26. The molecule has 0 radical (unpaired) electrons. The van der Waals surface area contributed by atoms with E-state index in [9.17, 15) is 4.79 Å². The number of nitrogens with zero attached hydrogens (tertiary/aromatic N) is 1. The summed E-state index contributed by atoms with van der Waals surface area (Å²) in [7, 11) is 0. The molecule has 0 aromatic heterocycles. The zero-order chi connectivity index (χ0) is 20.6. The van der Waals surface area contributed by atoms with E-state index in [1.165, 1.54) is 38.5 Å². The third-order valence-electron chi connectivity index (χ3n) is 5.11. The van der Waals surface area contributed by atoms with Crippen molar-refractivity contribution in [2.75, 3.05) is 51.4 Å². The standard InChI is InChI=1S/C23H38N2O4.ClH/c1-2-3-4-5-6-7-8-9-17-29-23(26)24-21-10-12-22(13-11-21)28-20-16-25-14-18-27-19-15-25;/h10-13H,2-9,14-20H2,1H3,(H,24,26);1H. The first-order valence-electron chi connectivity index (χ1n) is 11.2. The first-order chi connectivity index (χ1) is 14.3. The van der Waals surface area contributed by atoms with E-state index in [0.717, 1.165) is 51.4 Å². The van der Waals surface area contributed by atoms with Crippen LogP contribution in [0.2, 0.25) is 0 Å². The molecule has 1 aromatic carbocycles. The van der Waals surface area contributed by atoms with Crippen LogP contribution in [0, 0.1) is 0 Å². The van der Waals surface area contributed by atoms with Gasteiger partial charge in [0, 0.05) is 25.3 Å². The van der Waals surface area contributed by atoms with Crippen molar-refractivity contribution >= 4 is 24.2 Å². The molecule has 0 spiro atoms. The van der Waals surface area contributed by atoms with Crippen LogP contribution >= 0.6 is 12.4 Å². The van der Waals surface area contributed by atoms with E-state index in [1.807, 2.05) is 24.3 Å². The summed E-state index contributed by atoms with van der Waals surface area (Å²) >= 11 is 0. The topological polar surface area (TPSA) is 60.0 Å².